The summed E-state index contributed by atoms with van der Waals surface area (Å²) in [7, 11) is 3.99. The summed E-state index contributed by atoms with van der Waals surface area (Å²) in [6.45, 7) is 6.96. The van der Waals surface area contributed by atoms with Crippen LogP contribution in [0, 0.1) is 5.92 Å². The van der Waals surface area contributed by atoms with Gasteiger partial charge in [-0.25, -0.2) is 0 Å². The van der Waals surface area contributed by atoms with Gasteiger partial charge in [-0.2, -0.15) is 0 Å². The summed E-state index contributed by atoms with van der Waals surface area (Å²) in [6.07, 6.45) is 3.64. The number of rotatable bonds is 6. The summed E-state index contributed by atoms with van der Waals surface area (Å²) >= 11 is 0. The number of hydrogen-bond donors (Lipinski definition) is 1. The lowest BCUT2D eigenvalue weighted by atomic mass is 9.93. The molecule has 1 fully saturated rings. The Morgan fingerprint density at radius 2 is 2.14 bits per heavy atom. The van der Waals surface area contributed by atoms with E-state index in [4.69, 9.17) is 4.74 Å². The van der Waals surface area contributed by atoms with E-state index in [1.54, 1.807) is 7.11 Å². The number of para-hydroxylation sites is 1. The van der Waals surface area contributed by atoms with Gasteiger partial charge < -0.3 is 15.0 Å². The molecule has 1 saturated heterocycles. The standard InChI is InChI=1S/C18H30N2O/c1-14-9-10-19-17(11-14)13-20(3)15(2)12-16-7-5-6-8-18(16)21-4/h5-8,14-15,17,19H,9-13H2,1-4H3. The van der Waals surface area contributed by atoms with Gasteiger partial charge in [-0.1, -0.05) is 25.1 Å². The molecular weight excluding hydrogens is 260 g/mol. The summed E-state index contributed by atoms with van der Waals surface area (Å²) in [5, 5.41) is 3.66. The highest BCUT2D eigenvalue weighted by Crippen LogP contribution is 2.21. The minimum atomic E-state index is 0.514. The maximum Gasteiger partial charge on any atom is 0.122 e. The number of ether oxygens (including phenoxy) is 1. The van der Waals surface area contributed by atoms with Crippen molar-refractivity contribution in [3.63, 3.8) is 0 Å². The second-order valence-electron chi connectivity index (χ2n) is 6.59. The molecule has 0 spiro atoms. The zero-order valence-electron chi connectivity index (χ0n) is 13.9. The molecule has 0 aliphatic carbocycles. The Bertz CT molecular complexity index is 435. The number of hydrogen-bond acceptors (Lipinski definition) is 3. The van der Waals surface area contributed by atoms with Gasteiger partial charge in [0.2, 0.25) is 0 Å². The van der Waals surface area contributed by atoms with Crippen molar-refractivity contribution in [1.82, 2.24) is 10.2 Å². The zero-order valence-corrected chi connectivity index (χ0v) is 13.9. The molecule has 21 heavy (non-hydrogen) atoms. The van der Waals surface area contributed by atoms with Crippen molar-refractivity contribution in [2.24, 2.45) is 5.92 Å². The van der Waals surface area contributed by atoms with Gasteiger partial charge in [-0.15, -0.1) is 0 Å². The van der Waals surface area contributed by atoms with Crippen LogP contribution in [-0.2, 0) is 6.42 Å². The van der Waals surface area contributed by atoms with Gasteiger partial charge in [0.05, 0.1) is 7.11 Å². The first-order valence-electron chi connectivity index (χ1n) is 8.15. The van der Waals surface area contributed by atoms with Crippen LogP contribution >= 0.6 is 0 Å². The lowest BCUT2D eigenvalue weighted by Gasteiger charge is -2.34. The summed E-state index contributed by atoms with van der Waals surface area (Å²) in [5.74, 6) is 1.86. The third kappa shape index (κ3) is 4.72. The predicted octanol–water partition coefficient (Wildman–Crippen LogP) is 2.95. The highest BCUT2D eigenvalue weighted by atomic mass is 16.5. The van der Waals surface area contributed by atoms with Crippen molar-refractivity contribution in [2.75, 3.05) is 27.2 Å². The van der Waals surface area contributed by atoms with E-state index < -0.39 is 0 Å². The average molecular weight is 290 g/mol. The molecule has 1 aliphatic heterocycles. The van der Waals surface area contributed by atoms with E-state index in [-0.39, 0.29) is 0 Å². The Labute approximate surface area is 129 Å². The van der Waals surface area contributed by atoms with Gasteiger partial charge in [-0.05, 0) is 57.3 Å². The minimum absolute atomic E-state index is 0.514. The number of piperidine rings is 1. The van der Waals surface area contributed by atoms with Crippen molar-refractivity contribution in [1.29, 1.82) is 0 Å². The van der Waals surface area contributed by atoms with E-state index in [0.717, 1.165) is 24.6 Å². The number of likely N-dealkylation sites (N-methyl/N-ethyl adjacent to an activating group) is 1. The number of nitrogens with zero attached hydrogens (tertiary/aromatic N) is 1. The summed E-state index contributed by atoms with van der Waals surface area (Å²) in [5.41, 5.74) is 1.30. The molecule has 3 heteroatoms. The van der Waals surface area contributed by atoms with Crippen molar-refractivity contribution < 1.29 is 4.74 Å². The minimum Gasteiger partial charge on any atom is -0.496 e. The number of benzene rings is 1. The summed E-state index contributed by atoms with van der Waals surface area (Å²) < 4.78 is 5.46. The maximum absolute atomic E-state index is 5.46. The molecule has 0 bridgehead atoms. The smallest absolute Gasteiger partial charge is 0.122 e. The molecule has 1 heterocycles. The fourth-order valence-electron chi connectivity index (χ4n) is 3.23. The largest absolute Gasteiger partial charge is 0.496 e. The van der Waals surface area contributed by atoms with Crippen LogP contribution in [0.5, 0.6) is 5.75 Å². The maximum atomic E-state index is 5.46. The van der Waals surface area contributed by atoms with E-state index >= 15 is 0 Å². The van der Waals surface area contributed by atoms with Crippen LogP contribution in [0.2, 0.25) is 0 Å². The first kappa shape index (κ1) is 16.3. The van der Waals surface area contributed by atoms with Crippen LogP contribution in [-0.4, -0.2) is 44.2 Å². The predicted molar refractivity (Wildman–Crippen MR) is 89.0 cm³/mol. The number of nitrogens with one attached hydrogen (secondary N) is 1. The fourth-order valence-corrected chi connectivity index (χ4v) is 3.23. The highest BCUT2D eigenvalue weighted by molar-refractivity contribution is 5.33. The molecule has 1 aromatic rings. The van der Waals surface area contributed by atoms with Gasteiger partial charge in [-0.3, -0.25) is 0 Å². The van der Waals surface area contributed by atoms with Crippen molar-refractivity contribution in [3.8, 4) is 5.75 Å². The monoisotopic (exact) mass is 290 g/mol. The molecule has 1 aliphatic rings. The Kier molecular flexibility index (Phi) is 6.07. The lowest BCUT2D eigenvalue weighted by Crippen LogP contribution is -2.47. The van der Waals surface area contributed by atoms with Gasteiger partial charge in [0.15, 0.2) is 0 Å². The average Bonchev–Trinajstić information content (AvgIpc) is 2.47. The second kappa shape index (κ2) is 7.81. The Balaban J connectivity index is 1.88. The Morgan fingerprint density at radius 3 is 2.86 bits per heavy atom. The first-order chi connectivity index (χ1) is 10.1. The molecule has 0 radical (unpaired) electrons. The number of methoxy groups -OCH3 is 1. The molecule has 1 aromatic carbocycles. The molecule has 0 aromatic heterocycles. The quantitative estimate of drug-likeness (QED) is 0.872. The molecular formula is C18H30N2O. The van der Waals surface area contributed by atoms with Gasteiger partial charge in [0.1, 0.15) is 5.75 Å². The Morgan fingerprint density at radius 1 is 1.38 bits per heavy atom. The van der Waals surface area contributed by atoms with Crippen LogP contribution in [0.15, 0.2) is 24.3 Å². The molecule has 2 rings (SSSR count). The normalized spacial score (nSPS) is 24.0. The van der Waals surface area contributed by atoms with Crippen molar-refractivity contribution in [3.05, 3.63) is 29.8 Å². The Hall–Kier alpha value is -1.06. The topological polar surface area (TPSA) is 24.5 Å². The summed E-state index contributed by atoms with van der Waals surface area (Å²) in [4.78, 5) is 2.47. The van der Waals surface area contributed by atoms with Crippen LogP contribution in [0.25, 0.3) is 0 Å². The van der Waals surface area contributed by atoms with E-state index in [0.29, 0.717) is 12.1 Å². The SMILES string of the molecule is COc1ccccc1CC(C)N(C)CC1CC(C)CCN1. The molecule has 118 valence electrons. The molecule has 0 amide bonds. The molecule has 3 unspecified atom stereocenters. The molecule has 3 atom stereocenters. The molecule has 3 nitrogen and oxygen atoms in total. The van der Waals surface area contributed by atoms with E-state index in [1.165, 1.54) is 24.9 Å². The zero-order chi connectivity index (χ0) is 15.2. The highest BCUT2D eigenvalue weighted by Gasteiger charge is 2.21. The van der Waals surface area contributed by atoms with Gasteiger partial charge in [0, 0.05) is 18.6 Å². The van der Waals surface area contributed by atoms with Crippen LogP contribution in [0.1, 0.15) is 32.3 Å². The van der Waals surface area contributed by atoms with E-state index in [2.05, 4.69) is 43.2 Å². The van der Waals surface area contributed by atoms with Crippen molar-refractivity contribution in [2.45, 2.75) is 45.2 Å². The lowest BCUT2D eigenvalue weighted by molar-refractivity contribution is 0.195. The van der Waals surface area contributed by atoms with Crippen LogP contribution < -0.4 is 10.1 Å². The molecule has 0 saturated carbocycles. The van der Waals surface area contributed by atoms with E-state index in [9.17, 15) is 0 Å². The van der Waals surface area contributed by atoms with Gasteiger partial charge in [0.25, 0.3) is 0 Å². The first-order valence-corrected chi connectivity index (χ1v) is 8.15. The fraction of sp³-hybridized carbons (Fsp3) is 0.667. The van der Waals surface area contributed by atoms with E-state index in [1.807, 2.05) is 12.1 Å². The third-order valence-corrected chi connectivity index (χ3v) is 4.73. The molecule has 1 N–H and O–H groups in total. The second-order valence-corrected chi connectivity index (χ2v) is 6.59. The van der Waals surface area contributed by atoms with Crippen LogP contribution in [0.3, 0.4) is 0 Å². The summed E-state index contributed by atoms with van der Waals surface area (Å²) in [6, 6.07) is 9.49. The van der Waals surface area contributed by atoms with Crippen LogP contribution in [0.4, 0.5) is 0 Å². The third-order valence-electron chi connectivity index (χ3n) is 4.73. The van der Waals surface area contributed by atoms with Gasteiger partial charge >= 0.3 is 0 Å². The van der Waals surface area contributed by atoms with Crippen molar-refractivity contribution >= 4 is 0 Å².